The average Bonchev–Trinajstić information content (AvgIpc) is 3.29. The first-order valence-corrected chi connectivity index (χ1v) is 8.69. The standard InChI is InChI=1S/C19H21N5O2/c1-26-19-18(20-7-8-21-19)24-9-6-14(12-24)23-17(25)10-13-11-22-16-5-3-2-4-15(13)16/h2-5,7-8,11,14,22H,6,9-10,12H2,1H3,(H,23,25). The van der Waals surface area contributed by atoms with Crippen molar-refractivity contribution in [1.82, 2.24) is 20.3 Å². The quantitative estimate of drug-likeness (QED) is 0.734. The van der Waals surface area contributed by atoms with Crippen LogP contribution in [0.3, 0.4) is 0 Å². The lowest BCUT2D eigenvalue weighted by molar-refractivity contribution is -0.121. The molecule has 2 aromatic heterocycles. The minimum Gasteiger partial charge on any atom is -0.478 e. The molecule has 0 bridgehead atoms. The number of aromatic amines is 1. The van der Waals surface area contributed by atoms with Crippen LogP contribution in [0, 0.1) is 0 Å². The largest absolute Gasteiger partial charge is 0.478 e. The first kappa shape index (κ1) is 16.4. The summed E-state index contributed by atoms with van der Waals surface area (Å²) in [5.41, 5.74) is 2.07. The molecule has 1 atom stereocenters. The molecule has 2 N–H and O–H groups in total. The number of para-hydroxylation sites is 1. The van der Waals surface area contributed by atoms with Crippen molar-refractivity contribution in [1.29, 1.82) is 0 Å². The third kappa shape index (κ3) is 3.20. The van der Waals surface area contributed by atoms with Gasteiger partial charge in [-0.1, -0.05) is 18.2 Å². The van der Waals surface area contributed by atoms with Crippen LogP contribution in [0.4, 0.5) is 5.82 Å². The molecule has 0 radical (unpaired) electrons. The molecule has 1 aromatic carbocycles. The van der Waals surface area contributed by atoms with Crippen molar-refractivity contribution >= 4 is 22.6 Å². The number of aromatic nitrogens is 3. The zero-order chi connectivity index (χ0) is 17.9. The zero-order valence-corrected chi connectivity index (χ0v) is 14.6. The molecule has 1 aliphatic heterocycles. The summed E-state index contributed by atoms with van der Waals surface area (Å²) in [6, 6.07) is 8.11. The van der Waals surface area contributed by atoms with Gasteiger partial charge in [-0.15, -0.1) is 0 Å². The van der Waals surface area contributed by atoms with E-state index in [0.717, 1.165) is 35.2 Å². The second-order valence-electron chi connectivity index (χ2n) is 6.42. The maximum atomic E-state index is 12.5. The van der Waals surface area contributed by atoms with Crippen LogP contribution in [0.1, 0.15) is 12.0 Å². The molecular weight excluding hydrogens is 330 g/mol. The van der Waals surface area contributed by atoms with E-state index in [-0.39, 0.29) is 11.9 Å². The van der Waals surface area contributed by atoms with E-state index in [2.05, 4.69) is 25.2 Å². The lowest BCUT2D eigenvalue weighted by Gasteiger charge is -2.19. The number of H-pyrrole nitrogens is 1. The molecular formula is C19H21N5O2. The fraction of sp³-hybridized carbons (Fsp3) is 0.316. The molecule has 1 aliphatic rings. The van der Waals surface area contributed by atoms with Gasteiger partial charge in [-0.05, 0) is 18.1 Å². The Kier molecular flexibility index (Phi) is 4.43. The number of carbonyl (C=O) groups is 1. The van der Waals surface area contributed by atoms with Gasteiger partial charge < -0.3 is 19.9 Å². The first-order valence-electron chi connectivity index (χ1n) is 8.69. The van der Waals surface area contributed by atoms with Gasteiger partial charge in [0.1, 0.15) is 0 Å². The van der Waals surface area contributed by atoms with Crippen LogP contribution in [-0.2, 0) is 11.2 Å². The van der Waals surface area contributed by atoms with Gasteiger partial charge in [0, 0.05) is 48.6 Å². The van der Waals surface area contributed by atoms with E-state index in [1.807, 2.05) is 30.5 Å². The number of anilines is 1. The van der Waals surface area contributed by atoms with Gasteiger partial charge in [0.05, 0.1) is 13.5 Å². The maximum Gasteiger partial charge on any atom is 0.257 e. The molecule has 134 valence electrons. The summed E-state index contributed by atoms with van der Waals surface area (Å²) in [7, 11) is 1.59. The van der Waals surface area contributed by atoms with Gasteiger partial charge in [0.25, 0.3) is 5.88 Å². The number of hydrogen-bond donors (Lipinski definition) is 2. The average molecular weight is 351 g/mol. The van der Waals surface area contributed by atoms with Crippen molar-refractivity contribution in [3.63, 3.8) is 0 Å². The summed E-state index contributed by atoms with van der Waals surface area (Å²) in [6.07, 6.45) is 6.42. The summed E-state index contributed by atoms with van der Waals surface area (Å²) in [5, 5.41) is 4.23. The Bertz CT molecular complexity index is 923. The number of nitrogens with zero attached hydrogens (tertiary/aromatic N) is 3. The molecule has 0 saturated carbocycles. The molecule has 3 aromatic rings. The Morgan fingerprint density at radius 2 is 2.19 bits per heavy atom. The minimum absolute atomic E-state index is 0.0349. The number of nitrogens with one attached hydrogen (secondary N) is 2. The van der Waals surface area contributed by atoms with Crippen molar-refractivity contribution in [3.05, 3.63) is 48.4 Å². The Hall–Kier alpha value is -3.09. The summed E-state index contributed by atoms with van der Waals surface area (Å²) in [4.78, 5) is 26.3. The van der Waals surface area contributed by atoms with Crippen LogP contribution in [0.25, 0.3) is 10.9 Å². The molecule has 4 rings (SSSR count). The number of hydrogen-bond acceptors (Lipinski definition) is 5. The number of amides is 1. The molecule has 1 fully saturated rings. The highest BCUT2D eigenvalue weighted by atomic mass is 16.5. The molecule has 0 aliphatic carbocycles. The van der Waals surface area contributed by atoms with E-state index in [1.165, 1.54) is 0 Å². The van der Waals surface area contributed by atoms with Crippen molar-refractivity contribution < 1.29 is 9.53 Å². The fourth-order valence-electron chi connectivity index (χ4n) is 3.48. The second kappa shape index (κ2) is 7.03. The smallest absolute Gasteiger partial charge is 0.257 e. The van der Waals surface area contributed by atoms with E-state index >= 15 is 0 Å². The van der Waals surface area contributed by atoms with Crippen molar-refractivity contribution in [2.75, 3.05) is 25.1 Å². The highest BCUT2D eigenvalue weighted by Gasteiger charge is 2.27. The van der Waals surface area contributed by atoms with Crippen LogP contribution in [-0.4, -0.2) is 47.1 Å². The predicted octanol–water partition coefficient (Wildman–Crippen LogP) is 1.90. The summed E-state index contributed by atoms with van der Waals surface area (Å²) in [6.45, 7) is 1.52. The van der Waals surface area contributed by atoms with Crippen LogP contribution in [0.5, 0.6) is 5.88 Å². The normalized spacial score (nSPS) is 16.8. The van der Waals surface area contributed by atoms with Crippen LogP contribution in [0.2, 0.25) is 0 Å². The van der Waals surface area contributed by atoms with Crippen LogP contribution >= 0.6 is 0 Å². The van der Waals surface area contributed by atoms with Gasteiger partial charge >= 0.3 is 0 Å². The van der Waals surface area contributed by atoms with Crippen LogP contribution in [0.15, 0.2) is 42.9 Å². The number of benzene rings is 1. The van der Waals surface area contributed by atoms with Crippen molar-refractivity contribution in [3.8, 4) is 5.88 Å². The van der Waals surface area contributed by atoms with Gasteiger partial charge in [-0.25, -0.2) is 9.97 Å². The van der Waals surface area contributed by atoms with Gasteiger partial charge in [0.2, 0.25) is 5.91 Å². The van der Waals surface area contributed by atoms with Crippen molar-refractivity contribution in [2.24, 2.45) is 0 Å². The van der Waals surface area contributed by atoms with E-state index < -0.39 is 0 Å². The summed E-state index contributed by atoms with van der Waals surface area (Å²) < 4.78 is 5.28. The fourth-order valence-corrected chi connectivity index (χ4v) is 3.48. The van der Waals surface area contributed by atoms with E-state index in [9.17, 15) is 4.79 Å². The molecule has 7 heteroatoms. The molecule has 0 spiro atoms. The third-order valence-corrected chi connectivity index (χ3v) is 4.72. The Morgan fingerprint density at radius 3 is 3.08 bits per heavy atom. The molecule has 3 heterocycles. The van der Waals surface area contributed by atoms with Crippen molar-refractivity contribution in [2.45, 2.75) is 18.9 Å². The molecule has 26 heavy (non-hydrogen) atoms. The SMILES string of the molecule is COc1nccnc1N1CCC(NC(=O)Cc2c[nH]c3ccccc23)C1. The number of methoxy groups -OCH3 is 1. The predicted molar refractivity (Wildman–Crippen MR) is 99.3 cm³/mol. The number of rotatable bonds is 5. The molecule has 7 nitrogen and oxygen atoms in total. The maximum absolute atomic E-state index is 12.5. The minimum atomic E-state index is 0.0349. The molecule has 1 saturated heterocycles. The monoisotopic (exact) mass is 351 g/mol. The highest BCUT2D eigenvalue weighted by molar-refractivity contribution is 5.89. The van der Waals surface area contributed by atoms with E-state index in [0.29, 0.717) is 18.8 Å². The van der Waals surface area contributed by atoms with E-state index in [1.54, 1.807) is 19.5 Å². The van der Waals surface area contributed by atoms with Gasteiger partial charge in [-0.2, -0.15) is 0 Å². The lowest BCUT2D eigenvalue weighted by Crippen LogP contribution is -2.38. The highest BCUT2D eigenvalue weighted by Crippen LogP contribution is 2.26. The number of fused-ring (bicyclic) bond motifs is 1. The summed E-state index contributed by atoms with van der Waals surface area (Å²) >= 11 is 0. The Morgan fingerprint density at radius 1 is 1.35 bits per heavy atom. The van der Waals surface area contributed by atoms with Gasteiger partial charge in [-0.3, -0.25) is 4.79 Å². The molecule has 1 unspecified atom stereocenters. The lowest BCUT2D eigenvalue weighted by atomic mass is 10.1. The second-order valence-corrected chi connectivity index (χ2v) is 6.42. The Balaban J connectivity index is 1.38. The van der Waals surface area contributed by atoms with Gasteiger partial charge in [0.15, 0.2) is 5.82 Å². The molecule has 1 amide bonds. The van der Waals surface area contributed by atoms with Crippen LogP contribution < -0.4 is 15.0 Å². The number of ether oxygens (including phenoxy) is 1. The zero-order valence-electron chi connectivity index (χ0n) is 14.6. The van der Waals surface area contributed by atoms with E-state index in [4.69, 9.17) is 4.74 Å². The summed E-state index contributed by atoms with van der Waals surface area (Å²) in [5.74, 6) is 1.27. The third-order valence-electron chi connectivity index (χ3n) is 4.72. The first-order chi connectivity index (χ1) is 12.7. The Labute approximate surface area is 151 Å². The topological polar surface area (TPSA) is 83.1 Å². The number of carbonyl (C=O) groups excluding carboxylic acids is 1.